The summed E-state index contributed by atoms with van der Waals surface area (Å²) in [4.78, 5) is 14.7. The van der Waals surface area contributed by atoms with E-state index in [1.54, 1.807) is 4.90 Å². The molecule has 1 amide bonds. The lowest BCUT2D eigenvalue weighted by molar-refractivity contribution is 0.150. The fraction of sp³-hybridized carbons (Fsp3) is 0.240. The molecule has 0 bridgehead atoms. The Morgan fingerprint density at radius 3 is 2.39 bits per heavy atom. The smallest absolute Gasteiger partial charge is 0.414 e. The van der Waals surface area contributed by atoms with Crippen molar-refractivity contribution in [3.63, 3.8) is 0 Å². The minimum absolute atomic E-state index is 0.0960. The van der Waals surface area contributed by atoms with Crippen molar-refractivity contribution in [1.82, 2.24) is 0 Å². The van der Waals surface area contributed by atoms with E-state index in [4.69, 9.17) is 4.74 Å². The highest BCUT2D eigenvalue weighted by molar-refractivity contribution is 5.89. The maximum absolute atomic E-state index is 12.9. The first-order chi connectivity index (χ1) is 13.7. The highest BCUT2D eigenvalue weighted by Gasteiger charge is 2.30. The van der Waals surface area contributed by atoms with Gasteiger partial charge in [-0.05, 0) is 53.6 Å². The number of carbonyl (C=O) groups excluding carboxylic acids is 1. The number of anilines is 1. The van der Waals surface area contributed by atoms with Crippen molar-refractivity contribution in [2.75, 3.05) is 18.1 Å². The summed E-state index contributed by atoms with van der Waals surface area (Å²) >= 11 is 0. The predicted octanol–water partition coefficient (Wildman–Crippen LogP) is 5.70. The van der Waals surface area contributed by atoms with Gasteiger partial charge >= 0.3 is 6.09 Å². The molecule has 0 aromatic heterocycles. The van der Waals surface area contributed by atoms with Crippen LogP contribution in [0.4, 0.5) is 10.5 Å². The number of fused-ring (bicyclic) bond motifs is 4. The molecule has 0 atom stereocenters. The highest BCUT2D eigenvalue weighted by Crippen LogP contribution is 2.44. The summed E-state index contributed by atoms with van der Waals surface area (Å²) in [6, 6.07) is 23.1. The summed E-state index contributed by atoms with van der Waals surface area (Å²) in [7, 11) is 0. The topological polar surface area (TPSA) is 29.5 Å². The van der Waals surface area contributed by atoms with Crippen LogP contribution in [0.3, 0.4) is 0 Å². The van der Waals surface area contributed by atoms with Gasteiger partial charge in [-0.15, -0.1) is 0 Å². The standard InChI is InChI=1S/C25H23NO2/c1-17-12-13-24-18(15-17)7-6-14-26(24)25(27)28-16-23-21-10-4-2-8-19(21)20-9-3-5-11-22(20)23/h2-5,8-13,15,23H,6-7,14,16H2,1H3. The molecule has 0 spiro atoms. The number of hydrogen-bond acceptors (Lipinski definition) is 2. The number of benzene rings is 3. The van der Waals surface area contributed by atoms with Crippen LogP contribution in [0.15, 0.2) is 66.7 Å². The largest absolute Gasteiger partial charge is 0.448 e. The van der Waals surface area contributed by atoms with Gasteiger partial charge in [-0.1, -0.05) is 66.2 Å². The fourth-order valence-electron chi connectivity index (χ4n) is 4.59. The van der Waals surface area contributed by atoms with E-state index in [1.807, 2.05) is 6.07 Å². The molecule has 3 nitrogen and oxygen atoms in total. The van der Waals surface area contributed by atoms with Crippen molar-refractivity contribution in [3.8, 4) is 11.1 Å². The summed E-state index contributed by atoms with van der Waals surface area (Å²) < 4.78 is 5.85. The van der Waals surface area contributed by atoms with Crippen LogP contribution in [0.5, 0.6) is 0 Å². The molecule has 1 heterocycles. The molecule has 0 saturated carbocycles. The third kappa shape index (κ3) is 2.78. The van der Waals surface area contributed by atoms with Gasteiger partial charge in [0, 0.05) is 12.5 Å². The first kappa shape index (κ1) is 17.1. The fourth-order valence-corrected chi connectivity index (χ4v) is 4.59. The Kier molecular flexibility index (Phi) is 4.16. The van der Waals surface area contributed by atoms with E-state index in [0.29, 0.717) is 13.2 Å². The van der Waals surface area contributed by atoms with E-state index in [9.17, 15) is 4.79 Å². The summed E-state index contributed by atoms with van der Waals surface area (Å²) in [6.45, 7) is 3.17. The Hall–Kier alpha value is -3.07. The normalized spacial score (nSPS) is 15.0. The van der Waals surface area contributed by atoms with E-state index in [1.165, 1.54) is 33.4 Å². The van der Waals surface area contributed by atoms with Gasteiger partial charge in [-0.3, -0.25) is 4.90 Å². The molecule has 1 aliphatic heterocycles. The van der Waals surface area contributed by atoms with Gasteiger partial charge in [0.1, 0.15) is 6.61 Å². The van der Waals surface area contributed by atoms with Crippen molar-refractivity contribution < 1.29 is 9.53 Å². The van der Waals surface area contributed by atoms with E-state index in [-0.39, 0.29) is 12.0 Å². The van der Waals surface area contributed by atoms with Crippen LogP contribution in [0.2, 0.25) is 0 Å². The zero-order valence-electron chi connectivity index (χ0n) is 16.0. The van der Waals surface area contributed by atoms with E-state index >= 15 is 0 Å². The minimum atomic E-state index is -0.244. The molecule has 5 rings (SSSR count). The van der Waals surface area contributed by atoms with Crippen LogP contribution in [-0.2, 0) is 11.2 Å². The number of ether oxygens (including phenoxy) is 1. The zero-order chi connectivity index (χ0) is 19.1. The van der Waals surface area contributed by atoms with Crippen molar-refractivity contribution in [1.29, 1.82) is 0 Å². The molecule has 0 N–H and O–H groups in total. The molecule has 140 valence electrons. The second kappa shape index (κ2) is 6.83. The number of nitrogens with zero attached hydrogens (tertiary/aromatic N) is 1. The second-order valence-corrected chi connectivity index (χ2v) is 7.69. The van der Waals surface area contributed by atoms with Gasteiger partial charge in [0.15, 0.2) is 0 Å². The minimum Gasteiger partial charge on any atom is -0.448 e. The monoisotopic (exact) mass is 369 g/mol. The maximum Gasteiger partial charge on any atom is 0.414 e. The van der Waals surface area contributed by atoms with Crippen LogP contribution in [-0.4, -0.2) is 19.2 Å². The summed E-state index contributed by atoms with van der Waals surface area (Å²) in [5, 5.41) is 0. The van der Waals surface area contributed by atoms with Gasteiger partial charge in [-0.25, -0.2) is 4.79 Å². The van der Waals surface area contributed by atoms with Crippen LogP contribution < -0.4 is 4.90 Å². The molecule has 3 heteroatoms. The summed E-state index contributed by atoms with van der Waals surface area (Å²) in [5.41, 5.74) is 8.44. The molecule has 2 aliphatic rings. The van der Waals surface area contributed by atoms with Crippen molar-refractivity contribution in [2.24, 2.45) is 0 Å². The van der Waals surface area contributed by atoms with Gasteiger partial charge < -0.3 is 4.74 Å². The highest BCUT2D eigenvalue weighted by atomic mass is 16.6. The van der Waals surface area contributed by atoms with Gasteiger partial charge in [0.05, 0.1) is 5.69 Å². The quantitative estimate of drug-likeness (QED) is 0.580. The average Bonchev–Trinajstić information content (AvgIpc) is 3.05. The Balaban J connectivity index is 1.38. The van der Waals surface area contributed by atoms with Crippen molar-refractivity contribution >= 4 is 11.8 Å². The Labute approximate surface area is 165 Å². The summed E-state index contributed by atoms with van der Waals surface area (Å²) in [5.74, 6) is 0.0960. The van der Waals surface area contributed by atoms with E-state index in [0.717, 1.165) is 18.5 Å². The second-order valence-electron chi connectivity index (χ2n) is 7.69. The van der Waals surface area contributed by atoms with Gasteiger partial charge in [0.25, 0.3) is 0 Å². The van der Waals surface area contributed by atoms with Crippen molar-refractivity contribution in [2.45, 2.75) is 25.7 Å². The molecule has 28 heavy (non-hydrogen) atoms. The molecule has 3 aromatic rings. The number of rotatable bonds is 2. The van der Waals surface area contributed by atoms with E-state index in [2.05, 4.69) is 67.6 Å². The molecule has 0 unspecified atom stereocenters. The average molecular weight is 369 g/mol. The number of amides is 1. The molecule has 3 aromatic carbocycles. The SMILES string of the molecule is Cc1ccc2c(c1)CCCN2C(=O)OCC1c2ccccc2-c2ccccc21. The lowest BCUT2D eigenvalue weighted by Crippen LogP contribution is -2.36. The van der Waals surface area contributed by atoms with Crippen LogP contribution in [0.25, 0.3) is 11.1 Å². The van der Waals surface area contributed by atoms with Gasteiger partial charge in [0.2, 0.25) is 0 Å². The Bertz CT molecular complexity index is 1010. The molecular weight excluding hydrogens is 346 g/mol. The predicted molar refractivity (Wildman–Crippen MR) is 112 cm³/mol. The molecular formula is C25H23NO2. The number of aryl methyl sites for hydroxylation is 2. The van der Waals surface area contributed by atoms with Crippen LogP contribution >= 0.6 is 0 Å². The third-order valence-electron chi connectivity index (χ3n) is 5.91. The Morgan fingerprint density at radius 2 is 1.68 bits per heavy atom. The third-order valence-corrected chi connectivity index (χ3v) is 5.91. The van der Waals surface area contributed by atoms with E-state index < -0.39 is 0 Å². The lowest BCUT2D eigenvalue weighted by Gasteiger charge is -2.29. The first-order valence-corrected chi connectivity index (χ1v) is 9.94. The number of hydrogen-bond donors (Lipinski definition) is 0. The number of carbonyl (C=O) groups is 1. The van der Waals surface area contributed by atoms with Crippen molar-refractivity contribution in [3.05, 3.63) is 89.0 Å². The lowest BCUT2D eigenvalue weighted by atomic mass is 9.98. The zero-order valence-corrected chi connectivity index (χ0v) is 16.0. The molecule has 0 fully saturated rings. The molecule has 0 radical (unpaired) electrons. The Morgan fingerprint density at radius 1 is 1.00 bits per heavy atom. The van der Waals surface area contributed by atoms with Gasteiger partial charge in [-0.2, -0.15) is 0 Å². The molecule has 1 aliphatic carbocycles. The maximum atomic E-state index is 12.9. The van der Waals surface area contributed by atoms with Crippen LogP contribution in [0.1, 0.15) is 34.6 Å². The molecule has 0 saturated heterocycles. The first-order valence-electron chi connectivity index (χ1n) is 9.94. The summed E-state index contributed by atoms with van der Waals surface area (Å²) in [6.07, 6.45) is 1.75. The van der Waals surface area contributed by atoms with Crippen LogP contribution in [0, 0.1) is 6.92 Å².